The molecule has 1 saturated carbocycles. The quantitative estimate of drug-likeness (QED) is 0.473. The van der Waals surface area contributed by atoms with E-state index in [1.807, 2.05) is 13.8 Å². The first-order chi connectivity index (χ1) is 9.08. The summed E-state index contributed by atoms with van der Waals surface area (Å²) >= 11 is 6.14. The minimum atomic E-state index is 0.498. The van der Waals surface area contributed by atoms with E-state index in [4.69, 9.17) is 16.3 Å². The predicted molar refractivity (Wildman–Crippen MR) is 77.9 cm³/mol. The normalized spacial score (nSPS) is 14.5. The maximum Gasteiger partial charge on any atom is 0.137 e. The molecule has 0 bridgehead atoms. The second-order valence-electron chi connectivity index (χ2n) is 5.06. The van der Waals surface area contributed by atoms with Crippen molar-refractivity contribution in [1.29, 1.82) is 0 Å². The molecule has 0 aliphatic heterocycles. The molecule has 2 rings (SSSR count). The highest BCUT2D eigenvalue weighted by molar-refractivity contribution is 6.30. The molecule has 0 unspecified atom stereocenters. The zero-order chi connectivity index (χ0) is 13.8. The van der Waals surface area contributed by atoms with Gasteiger partial charge in [0.2, 0.25) is 0 Å². The van der Waals surface area contributed by atoms with Gasteiger partial charge in [0, 0.05) is 18.0 Å². The minimum absolute atomic E-state index is 0.498. The zero-order valence-corrected chi connectivity index (χ0v) is 12.3. The van der Waals surface area contributed by atoms with E-state index < -0.39 is 0 Å². The summed E-state index contributed by atoms with van der Waals surface area (Å²) in [6.45, 7) is 9.58. The number of halogens is 1. The standard InChI is InChI=1S/C14H20ClN3O/c1-9(2)8-19-7-6-16-13-10(3)12(15)17-14(18-13)11-4-5-11/h11H,1,4-8H2,2-3H3,(H,16,17,18). The monoisotopic (exact) mass is 281 g/mol. The van der Waals surface area contributed by atoms with Gasteiger partial charge in [-0.05, 0) is 26.7 Å². The zero-order valence-electron chi connectivity index (χ0n) is 11.5. The first kappa shape index (κ1) is 14.3. The lowest BCUT2D eigenvalue weighted by Crippen LogP contribution is -2.13. The Labute approximate surface area is 119 Å². The molecule has 0 amide bonds. The summed E-state index contributed by atoms with van der Waals surface area (Å²) in [5, 5.41) is 3.80. The van der Waals surface area contributed by atoms with Crippen molar-refractivity contribution in [3.63, 3.8) is 0 Å². The number of nitrogens with one attached hydrogen (secondary N) is 1. The van der Waals surface area contributed by atoms with Crippen LogP contribution in [0, 0.1) is 6.92 Å². The molecule has 0 saturated heterocycles. The largest absolute Gasteiger partial charge is 0.375 e. The first-order valence-electron chi connectivity index (χ1n) is 6.58. The molecule has 1 N–H and O–H groups in total. The highest BCUT2D eigenvalue weighted by atomic mass is 35.5. The van der Waals surface area contributed by atoms with Crippen molar-refractivity contribution in [2.24, 2.45) is 0 Å². The number of rotatable bonds is 7. The second kappa shape index (κ2) is 6.35. The Hall–Kier alpha value is -1.13. The van der Waals surface area contributed by atoms with Gasteiger partial charge < -0.3 is 10.1 Å². The minimum Gasteiger partial charge on any atom is -0.375 e. The molecule has 1 fully saturated rings. The van der Waals surface area contributed by atoms with E-state index in [0.29, 0.717) is 30.8 Å². The molecular weight excluding hydrogens is 262 g/mol. The lowest BCUT2D eigenvalue weighted by Gasteiger charge is -2.11. The first-order valence-corrected chi connectivity index (χ1v) is 6.95. The van der Waals surface area contributed by atoms with E-state index in [0.717, 1.165) is 22.8 Å². The summed E-state index contributed by atoms with van der Waals surface area (Å²) in [5.74, 6) is 2.18. The fourth-order valence-electron chi connectivity index (χ4n) is 1.69. The number of hydrogen-bond acceptors (Lipinski definition) is 4. The van der Waals surface area contributed by atoms with Crippen LogP contribution in [0.2, 0.25) is 5.15 Å². The van der Waals surface area contributed by atoms with Gasteiger partial charge in [0.15, 0.2) is 0 Å². The van der Waals surface area contributed by atoms with Crippen LogP contribution in [0.4, 0.5) is 5.82 Å². The second-order valence-corrected chi connectivity index (χ2v) is 5.41. The van der Waals surface area contributed by atoms with E-state index in [1.165, 1.54) is 12.8 Å². The summed E-state index contributed by atoms with van der Waals surface area (Å²) in [4.78, 5) is 8.88. The Morgan fingerprint density at radius 3 is 2.84 bits per heavy atom. The number of anilines is 1. The maximum absolute atomic E-state index is 6.14. The van der Waals surface area contributed by atoms with Gasteiger partial charge in [0.1, 0.15) is 16.8 Å². The average molecular weight is 282 g/mol. The van der Waals surface area contributed by atoms with Gasteiger partial charge in [0.05, 0.1) is 13.2 Å². The van der Waals surface area contributed by atoms with Crippen LogP contribution < -0.4 is 5.32 Å². The lowest BCUT2D eigenvalue weighted by molar-refractivity contribution is 0.167. The molecular formula is C14H20ClN3O. The summed E-state index contributed by atoms with van der Waals surface area (Å²) in [6.07, 6.45) is 2.33. The van der Waals surface area contributed by atoms with Crippen molar-refractivity contribution >= 4 is 17.4 Å². The summed E-state index contributed by atoms with van der Waals surface area (Å²) in [7, 11) is 0. The van der Waals surface area contributed by atoms with Gasteiger partial charge in [-0.15, -0.1) is 0 Å². The Balaban J connectivity index is 1.89. The molecule has 1 aliphatic rings. The number of hydrogen-bond donors (Lipinski definition) is 1. The summed E-state index contributed by atoms with van der Waals surface area (Å²) in [6, 6.07) is 0. The maximum atomic E-state index is 6.14. The highest BCUT2D eigenvalue weighted by Crippen LogP contribution is 2.39. The summed E-state index contributed by atoms with van der Waals surface area (Å²) in [5.41, 5.74) is 1.92. The number of aromatic nitrogens is 2. The molecule has 0 radical (unpaired) electrons. The molecule has 104 valence electrons. The topological polar surface area (TPSA) is 47.0 Å². The fraction of sp³-hybridized carbons (Fsp3) is 0.571. The third-order valence-electron chi connectivity index (χ3n) is 2.93. The molecule has 4 nitrogen and oxygen atoms in total. The van der Waals surface area contributed by atoms with Crippen LogP contribution in [0.25, 0.3) is 0 Å². The number of nitrogens with zero attached hydrogens (tertiary/aromatic N) is 2. The van der Waals surface area contributed by atoms with Crippen molar-refractivity contribution in [2.75, 3.05) is 25.1 Å². The van der Waals surface area contributed by atoms with E-state index in [-0.39, 0.29) is 0 Å². The third kappa shape index (κ3) is 4.18. The Kier molecular flexibility index (Phi) is 4.77. The van der Waals surface area contributed by atoms with Gasteiger partial charge in [-0.2, -0.15) is 0 Å². The molecule has 0 aromatic carbocycles. The van der Waals surface area contributed by atoms with Crippen LogP contribution in [0.1, 0.15) is 37.1 Å². The van der Waals surface area contributed by atoms with Crippen LogP contribution in [-0.2, 0) is 4.74 Å². The van der Waals surface area contributed by atoms with Gasteiger partial charge >= 0.3 is 0 Å². The number of ether oxygens (including phenoxy) is 1. The Morgan fingerprint density at radius 1 is 1.47 bits per heavy atom. The lowest BCUT2D eigenvalue weighted by atomic mass is 10.3. The van der Waals surface area contributed by atoms with E-state index in [2.05, 4.69) is 21.9 Å². The molecule has 0 atom stereocenters. The van der Waals surface area contributed by atoms with E-state index in [1.54, 1.807) is 0 Å². The SMILES string of the molecule is C=C(C)COCCNc1nc(C2CC2)nc(Cl)c1C. The van der Waals surface area contributed by atoms with Gasteiger partial charge in [-0.3, -0.25) is 0 Å². The van der Waals surface area contributed by atoms with Crippen LogP contribution in [0.15, 0.2) is 12.2 Å². The predicted octanol–water partition coefficient (Wildman–Crippen LogP) is 3.32. The summed E-state index contributed by atoms with van der Waals surface area (Å²) < 4.78 is 5.44. The van der Waals surface area contributed by atoms with Crippen LogP contribution in [0.3, 0.4) is 0 Å². The van der Waals surface area contributed by atoms with Crippen LogP contribution in [-0.4, -0.2) is 29.7 Å². The van der Waals surface area contributed by atoms with Gasteiger partial charge in [0.25, 0.3) is 0 Å². The molecule has 0 spiro atoms. The van der Waals surface area contributed by atoms with Crippen LogP contribution in [0.5, 0.6) is 0 Å². The third-order valence-corrected chi connectivity index (χ3v) is 3.30. The van der Waals surface area contributed by atoms with Crippen molar-refractivity contribution in [3.05, 3.63) is 28.7 Å². The van der Waals surface area contributed by atoms with Crippen LogP contribution >= 0.6 is 11.6 Å². The molecule has 1 aromatic rings. The van der Waals surface area contributed by atoms with Gasteiger partial charge in [-0.25, -0.2) is 9.97 Å². The molecule has 1 aromatic heterocycles. The fourth-order valence-corrected chi connectivity index (χ4v) is 1.87. The average Bonchev–Trinajstić information content (AvgIpc) is 3.17. The van der Waals surface area contributed by atoms with Gasteiger partial charge in [-0.1, -0.05) is 23.8 Å². The smallest absolute Gasteiger partial charge is 0.137 e. The van der Waals surface area contributed by atoms with Crippen molar-refractivity contribution < 1.29 is 4.74 Å². The van der Waals surface area contributed by atoms with Crippen molar-refractivity contribution in [1.82, 2.24) is 9.97 Å². The Morgan fingerprint density at radius 2 is 2.21 bits per heavy atom. The Bertz CT molecular complexity index is 472. The van der Waals surface area contributed by atoms with E-state index >= 15 is 0 Å². The molecule has 1 heterocycles. The van der Waals surface area contributed by atoms with Crippen molar-refractivity contribution in [3.8, 4) is 0 Å². The van der Waals surface area contributed by atoms with Crippen molar-refractivity contribution in [2.45, 2.75) is 32.6 Å². The van der Waals surface area contributed by atoms with E-state index in [9.17, 15) is 0 Å². The molecule has 5 heteroatoms. The molecule has 1 aliphatic carbocycles. The molecule has 19 heavy (non-hydrogen) atoms. The highest BCUT2D eigenvalue weighted by Gasteiger charge is 2.27.